The van der Waals surface area contributed by atoms with E-state index in [1.807, 2.05) is 31.2 Å². The van der Waals surface area contributed by atoms with E-state index in [1.54, 1.807) is 0 Å². The first kappa shape index (κ1) is 16.0. The summed E-state index contributed by atoms with van der Waals surface area (Å²) in [6.45, 7) is 2.85. The molecule has 1 aliphatic rings. The largest absolute Gasteiger partial charge is 0.351 e. The van der Waals surface area contributed by atoms with Crippen molar-refractivity contribution in [3.05, 3.63) is 35.4 Å². The van der Waals surface area contributed by atoms with Crippen LogP contribution >= 0.6 is 0 Å². The van der Waals surface area contributed by atoms with E-state index in [-0.39, 0.29) is 5.91 Å². The van der Waals surface area contributed by atoms with Crippen molar-refractivity contribution in [3.63, 3.8) is 0 Å². The van der Waals surface area contributed by atoms with E-state index in [2.05, 4.69) is 5.32 Å². The maximum absolute atomic E-state index is 12.3. The van der Waals surface area contributed by atoms with Gasteiger partial charge in [0.1, 0.15) is 6.04 Å². The minimum atomic E-state index is -3.34. The number of hydrogen-bond donors (Lipinski definition) is 1. The molecule has 0 aliphatic carbocycles. The zero-order chi connectivity index (χ0) is 15.5. The molecular weight excluding hydrogens is 288 g/mol. The quantitative estimate of drug-likeness (QED) is 0.915. The van der Waals surface area contributed by atoms with E-state index in [0.29, 0.717) is 19.5 Å². The van der Waals surface area contributed by atoms with Crippen LogP contribution in [0.2, 0.25) is 0 Å². The SMILES string of the molecule is Cc1cccc(CNC(=O)[C@H]2CCCCN2S(C)(=O)=O)c1. The Bertz CT molecular complexity index is 613. The summed E-state index contributed by atoms with van der Waals surface area (Å²) in [6.07, 6.45) is 3.45. The van der Waals surface area contributed by atoms with Crippen LogP contribution in [0.4, 0.5) is 0 Å². The summed E-state index contributed by atoms with van der Waals surface area (Å²) in [4.78, 5) is 12.3. The Morgan fingerprint density at radius 1 is 1.38 bits per heavy atom. The Labute approximate surface area is 126 Å². The van der Waals surface area contributed by atoms with E-state index in [9.17, 15) is 13.2 Å². The highest BCUT2D eigenvalue weighted by Gasteiger charge is 2.34. The third-order valence-electron chi connectivity index (χ3n) is 3.73. The Morgan fingerprint density at radius 3 is 2.81 bits per heavy atom. The number of carbonyl (C=O) groups is 1. The average molecular weight is 310 g/mol. The molecule has 1 heterocycles. The van der Waals surface area contributed by atoms with Gasteiger partial charge >= 0.3 is 0 Å². The highest BCUT2D eigenvalue weighted by atomic mass is 32.2. The second kappa shape index (κ2) is 6.58. The van der Waals surface area contributed by atoms with Crippen LogP contribution in [0.5, 0.6) is 0 Å². The van der Waals surface area contributed by atoms with Gasteiger partial charge in [0, 0.05) is 13.1 Å². The maximum atomic E-state index is 12.3. The molecule has 21 heavy (non-hydrogen) atoms. The molecule has 0 unspecified atom stereocenters. The molecule has 0 bridgehead atoms. The predicted molar refractivity (Wildman–Crippen MR) is 82.2 cm³/mol. The van der Waals surface area contributed by atoms with Crippen LogP contribution in [-0.4, -0.2) is 37.5 Å². The first-order chi connectivity index (χ1) is 9.88. The van der Waals surface area contributed by atoms with Crippen molar-refractivity contribution in [2.75, 3.05) is 12.8 Å². The second-order valence-corrected chi connectivity index (χ2v) is 7.53. The van der Waals surface area contributed by atoms with Crippen molar-refractivity contribution >= 4 is 15.9 Å². The van der Waals surface area contributed by atoms with E-state index in [1.165, 1.54) is 10.6 Å². The lowest BCUT2D eigenvalue weighted by Crippen LogP contribution is -2.51. The van der Waals surface area contributed by atoms with Gasteiger partial charge in [0.2, 0.25) is 15.9 Å². The van der Waals surface area contributed by atoms with Crippen LogP contribution in [0.15, 0.2) is 24.3 Å². The summed E-state index contributed by atoms with van der Waals surface area (Å²) < 4.78 is 24.9. The molecule has 1 N–H and O–H groups in total. The van der Waals surface area contributed by atoms with Gasteiger partial charge in [-0.2, -0.15) is 4.31 Å². The number of hydrogen-bond acceptors (Lipinski definition) is 3. The number of nitrogens with one attached hydrogen (secondary N) is 1. The van der Waals surface area contributed by atoms with Crippen molar-refractivity contribution in [1.29, 1.82) is 0 Å². The molecule has 1 aromatic carbocycles. The van der Waals surface area contributed by atoms with Crippen LogP contribution < -0.4 is 5.32 Å². The molecule has 1 atom stereocenters. The lowest BCUT2D eigenvalue weighted by Gasteiger charge is -2.32. The highest BCUT2D eigenvalue weighted by Crippen LogP contribution is 2.20. The predicted octanol–water partition coefficient (Wildman–Crippen LogP) is 1.43. The monoisotopic (exact) mass is 310 g/mol. The topological polar surface area (TPSA) is 66.5 Å². The average Bonchev–Trinajstić information content (AvgIpc) is 2.44. The number of amides is 1. The highest BCUT2D eigenvalue weighted by molar-refractivity contribution is 7.88. The molecule has 1 saturated heterocycles. The van der Waals surface area contributed by atoms with E-state index in [4.69, 9.17) is 0 Å². The van der Waals surface area contributed by atoms with Crippen molar-refractivity contribution in [2.24, 2.45) is 0 Å². The molecule has 2 rings (SSSR count). The molecule has 0 radical (unpaired) electrons. The number of piperidine rings is 1. The van der Waals surface area contributed by atoms with Gasteiger partial charge < -0.3 is 5.32 Å². The molecular formula is C15H22N2O3S. The molecule has 0 aromatic heterocycles. The van der Waals surface area contributed by atoms with Gasteiger partial charge in [-0.05, 0) is 25.3 Å². The number of aryl methyl sites for hydroxylation is 1. The fourth-order valence-corrected chi connectivity index (χ4v) is 3.82. The van der Waals surface area contributed by atoms with Gasteiger partial charge in [-0.1, -0.05) is 36.2 Å². The molecule has 1 fully saturated rings. The van der Waals surface area contributed by atoms with Gasteiger partial charge in [-0.3, -0.25) is 4.79 Å². The van der Waals surface area contributed by atoms with E-state index < -0.39 is 16.1 Å². The Hall–Kier alpha value is -1.40. The number of nitrogens with zero attached hydrogens (tertiary/aromatic N) is 1. The molecule has 5 nitrogen and oxygen atoms in total. The zero-order valence-corrected chi connectivity index (χ0v) is 13.3. The number of benzene rings is 1. The molecule has 116 valence electrons. The first-order valence-electron chi connectivity index (χ1n) is 7.18. The van der Waals surface area contributed by atoms with Crippen molar-refractivity contribution < 1.29 is 13.2 Å². The van der Waals surface area contributed by atoms with Crippen LogP contribution in [0, 0.1) is 6.92 Å². The summed E-state index contributed by atoms with van der Waals surface area (Å²) in [5.41, 5.74) is 2.15. The number of sulfonamides is 1. The maximum Gasteiger partial charge on any atom is 0.238 e. The van der Waals surface area contributed by atoms with Crippen molar-refractivity contribution in [2.45, 2.75) is 38.8 Å². The van der Waals surface area contributed by atoms with Gasteiger partial charge in [0.25, 0.3) is 0 Å². The van der Waals surface area contributed by atoms with Crippen molar-refractivity contribution in [1.82, 2.24) is 9.62 Å². The lowest BCUT2D eigenvalue weighted by atomic mass is 10.0. The molecule has 0 spiro atoms. The van der Waals surface area contributed by atoms with Crippen molar-refractivity contribution in [3.8, 4) is 0 Å². The third-order valence-corrected chi connectivity index (χ3v) is 5.02. The Morgan fingerprint density at radius 2 is 2.14 bits per heavy atom. The zero-order valence-electron chi connectivity index (χ0n) is 12.5. The molecule has 0 saturated carbocycles. The standard InChI is InChI=1S/C15H22N2O3S/c1-12-6-5-7-13(10-12)11-16-15(18)14-8-3-4-9-17(14)21(2,19)20/h5-7,10,14H,3-4,8-9,11H2,1-2H3,(H,16,18)/t14-/m1/s1. The molecule has 6 heteroatoms. The van der Waals surface area contributed by atoms with Gasteiger partial charge in [0.15, 0.2) is 0 Å². The van der Waals surface area contributed by atoms with Gasteiger partial charge in [-0.15, -0.1) is 0 Å². The summed E-state index contributed by atoms with van der Waals surface area (Å²) in [5, 5.41) is 2.85. The minimum absolute atomic E-state index is 0.207. The summed E-state index contributed by atoms with van der Waals surface area (Å²) >= 11 is 0. The van der Waals surface area contributed by atoms with Crippen LogP contribution in [0.1, 0.15) is 30.4 Å². The fourth-order valence-electron chi connectivity index (χ4n) is 2.69. The van der Waals surface area contributed by atoms with Crippen LogP contribution in [0.3, 0.4) is 0 Å². The van der Waals surface area contributed by atoms with E-state index in [0.717, 1.165) is 24.0 Å². The summed E-state index contributed by atoms with van der Waals surface area (Å²) in [7, 11) is -3.34. The first-order valence-corrected chi connectivity index (χ1v) is 9.03. The third kappa shape index (κ3) is 4.28. The fraction of sp³-hybridized carbons (Fsp3) is 0.533. The van der Waals surface area contributed by atoms with Crippen LogP contribution in [-0.2, 0) is 21.4 Å². The normalized spacial score (nSPS) is 20.2. The number of rotatable bonds is 4. The minimum Gasteiger partial charge on any atom is -0.351 e. The molecule has 1 aromatic rings. The smallest absolute Gasteiger partial charge is 0.238 e. The number of carbonyl (C=O) groups excluding carboxylic acids is 1. The summed E-state index contributed by atoms with van der Waals surface area (Å²) in [5.74, 6) is -0.207. The summed E-state index contributed by atoms with van der Waals surface area (Å²) in [6, 6.07) is 7.33. The Balaban J connectivity index is 2.01. The Kier molecular flexibility index (Phi) is 5.00. The second-order valence-electron chi connectivity index (χ2n) is 5.59. The molecule has 1 aliphatic heterocycles. The van der Waals surface area contributed by atoms with Gasteiger partial charge in [0.05, 0.1) is 6.26 Å². The van der Waals surface area contributed by atoms with Crippen LogP contribution in [0.25, 0.3) is 0 Å². The lowest BCUT2D eigenvalue weighted by molar-refractivity contribution is -0.125. The van der Waals surface area contributed by atoms with Gasteiger partial charge in [-0.25, -0.2) is 8.42 Å². The molecule has 1 amide bonds. The van der Waals surface area contributed by atoms with E-state index >= 15 is 0 Å².